The summed E-state index contributed by atoms with van der Waals surface area (Å²) in [6, 6.07) is 11.3. The number of carbonyl (C=O) groups is 3. The minimum atomic E-state index is -0.567. The lowest BCUT2D eigenvalue weighted by atomic mass is 9.97. The van der Waals surface area contributed by atoms with Gasteiger partial charge < -0.3 is 9.40 Å². The van der Waals surface area contributed by atoms with Crippen molar-refractivity contribution in [2.24, 2.45) is 17.0 Å². The average Bonchev–Trinajstić information content (AvgIpc) is 3.07. The maximum absolute atomic E-state index is 13.2. The molecule has 0 aliphatic heterocycles. The van der Waals surface area contributed by atoms with Crippen LogP contribution in [0, 0.1) is 11.8 Å². The van der Waals surface area contributed by atoms with Crippen LogP contribution in [0.15, 0.2) is 41.6 Å². The number of oxime groups is 1. The zero-order valence-electron chi connectivity index (χ0n) is 19.6. The molecule has 168 valence electrons. The molecule has 0 spiro atoms. The van der Waals surface area contributed by atoms with Crippen molar-refractivity contribution in [1.82, 2.24) is 4.57 Å². The highest BCUT2D eigenvalue weighted by Crippen LogP contribution is 2.31. The quantitative estimate of drug-likeness (QED) is 0.194. The Morgan fingerprint density at radius 2 is 1.50 bits per heavy atom. The highest BCUT2D eigenvalue weighted by Gasteiger charge is 2.20. The van der Waals surface area contributed by atoms with Gasteiger partial charge in [0.2, 0.25) is 5.78 Å². The van der Waals surface area contributed by atoms with Crippen molar-refractivity contribution in [3.63, 3.8) is 0 Å². The van der Waals surface area contributed by atoms with Crippen molar-refractivity contribution in [3.8, 4) is 0 Å². The molecule has 3 rings (SSSR count). The number of hydrogen-bond acceptors (Lipinski definition) is 5. The molecule has 2 aromatic carbocycles. The zero-order chi connectivity index (χ0) is 23.6. The highest BCUT2D eigenvalue weighted by atomic mass is 16.7. The smallest absolute Gasteiger partial charge is 0.331 e. The first kappa shape index (κ1) is 23.4. The van der Waals surface area contributed by atoms with Gasteiger partial charge >= 0.3 is 5.97 Å². The molecule has 0 unspecified atom stereocenters. The number of benzene rings is 2. The summed E-state index contributed by atoms with van der Waals surface area (Å²) in [7, 11) is 0. The second-order valence-corrected chi connectivity index (χ2v) is 8.78. The van der Waals surface area contributed by atoms with Gasteiger partial charge in [-0.1, -0.05) is 32.9 Å². The molecule has 0 aliphatic rings. The first-order chi connectivity index (χ1) is 15.1. The van der Waals surface area contributed by atoms with Crippen molar-refractivity contribution in [2.75, 3.05) is 0 Å². The molecule has 0 fully saturated rings. The van der Waals surface area contributed by atoms with E-state index < -0.39 is 5.97 Å². The maximum atomic E-state index is 13.2. The van der Waals surface area contributed by atoms with Gasteiger partial charge in [0.1, 0.15) is 5.71 Å². The van der Waals surface area contributed by atoms with E-state index in [4.69, 9.17) is 4.84 Å². The van der Waals surface area contributed by atoms with Gasteiger partial charge in [-0.15, -0.1) is 0 Å². The predicted molar refractivity (Wildman–Crippen MR) is 127 cm³/mol. The molecule has 0 aliphatic carbocycles. The van der Waals surface area contributed by atoms with Crippen molar-refractivity contribution >= 4 is 45.1 Å². The number of carbonyl (C=O) groups excluding carboxylic acids is 3. The Hall–Kier alpha value is -3.28. The minimum absolute atomic E-state index is 0.0873. The van der Waals surface area contributed by atoms with Crippen LogP contribution in [0.4, 0.5) is 0 Å². The van der Waals surface area contributed by atoms with Crippen molar-refractivity contribution in [1.29, 1.82) is 0 Å². The summed E-state index contributed by atoms with van der Waals surface area (Å²) in [4.78, 5) is 41.8. The Bertz CT molecular complexity index is 1230. The number of rotatable bonds is 8. The molecule has 6 heteroatoms. The van der Waals surface area contributed by atoms with Crippen LogP contribution in [0.1, 0.15) is 68.7 Å². The molecule has 0 atom stereocenters. The topological polar surface area (TPSA) is 77.7 Å². The summed E-state index contributed by atoms with van der Waals surface area (Å²) in [6.45, 7) is 11.8. The molecular weight excluding hydrogens is 404 g/mol. The van der Waals surface area contributed by atoms with Crippen LogP contribution in [0.25, 0.3) is 21.8 Å². The highest BCUT2D eigenvalue weighted by molar-refractivity contribution is 6.46. The molecule has 1 heterocycles. The zero-order valence-corrected chi connectivity index (χ0v) is 19.6. The van der Waals surface area contributed by atoms with Crippen molar-refractivity contribution in [2.45, 2.75) is 54.5 Å². The second-order valence-electron chi connectivity index (χ2n) is 8.78. The van der Waals surface area contributed by atoms with Gasteiger partial charge in [0.05, 0.1) is 0 Å². The molecule has 6 nitrogen and oxygen atoms in total. The number of aromatic nitrogens is 1. The van der Waals surface area contributed by atoms with Crippen molar-refractivity contribution in [3.05, 3.63) is 47.5 Å². The largest absolute Gasteiger partial charge is 0.341 e. The fraction of sp³-hybridized carbons (Fsp3) is 0.385. The van der Waals surface area contributed by atoms with Crippen molar-refractivity contribution < 1.29 is 19.2 Å². The first-order valence-corrected chi connectivity index (χ1v) is 11.0. The maximum Gasteiger partial charge on any atom is 0.331 e. The predicted octanol–water partition coefficient (Wildman–Crippen LogP) is 5.80. The third kappa shape index (κ3) is 4.64. The van der Waals surface area contributed by atoms with Crippen LogP contribution < -0.4 is 0 Å². The van der Waals surface area contributed by atoms with Crippen LogP contribution in [0.3, 0.4) is 0 Å². The molecular formula is C26H30N2O4. The Kier molecular flexibility index (Phi) is 6.92. The third-order valence-electron chi connectivity index (χ3n) is 5.40. The standard InChI is InChI=1S/C26H30N2O4/c1-7-28-23-10-8-18(25(30)16(4)5)13-20(23)21-14-19(9-11-24(21)28)26(31)22(12-15(2)3)27-32-17(6)29/h8-11,13-16H,7,12H2,1-6H3. The molecule has 3 aromatic rings. The van der Waals surface area contributed by atoms with Crippen LogP contribution in [-0.4, -0.2) is 27.8 Å². The fourth-order valence-electron chi connectivity index (χ4n) is 3.92. The molecule has 1 aromatic heterocycles. The summed E-state index contributed by atoms with van der Waals surface area (Å²) in [5, 5.41) is 5.67. The van der Waals surface area contributed by atoms with Gasteiger partial charge in [-0.3, -0.25) is 9.59 Å². The Morgan fingerprint density at radius 1 is 0.938 bits per heavy atom. The fourth-order valence-corrected chi connectivity index (χ4v) is 3.92. The average molecular weight is 435 g/mol. The van der Waals surface area contributed by atoms with Gasteiger partial charge in [-0.05, 0) is 55.7 Å². The molecule has 0 N–H and O–H groups in total. The summed E-state index contributed by atoms with van der Waals surface area (Å²) < 4.78 is 2.17. The van der Waals surface area contributed by atoms with Crippen LogP contribution in [0.2, 0.25) is 0 Å². The van der Waals surface area contributed by atoms with E-state index >= 15 is 0 Å². The van der Waals surface area contributed by atoms with Gasteiger partial charge in [0, 0.05) is 52.3 Å². The number of ketones is 2. The summed E-state index contributed by atoms with van der Waals surface area (Å²) in [5.74, 6) is -0.676. The second kappa shape index (κ2) is 9.47. The van der Waals surface area contributed by atoms with Gasteiger partial charge in [-0.25, -0.2) is 4.79 Å². The number of nitrogens with zero attached hydrogens (tertiary/aromatic N) is 2. The van der Waals surface area contributed by atoms with E-state index in [-0.39, 0.29) is 29.1 Å². The van der Waals surface area contributed by atoms with Crippen LogP contribution >= 0.6 is 0 Å². The normalized spacial score (nSPS) is 12.2. The van der Waals surface area contributed by atoms with E-state index in [0.717, 1.165) is 28.4 Å². The van der Waals surface area contributed by atoms with Gasteiger partial charge in [-0.2, -0.15) is 0 Å². The molecule has 0 amide bonds. The molecule has 0 saturated heterocycles. The molecule has 0 saturated carbocycles. The number of aryl methyl sites for hydroxylation is 1. The van der Waals surface area contributed by atoms with Gasteiger partial charge in [0.25, 0.3) is 0 Å². The molecule has 0 bridgehead atoms. The Morgan fingerprint density at radius 3 is 2.00 bits per heavy atom. The molecule has 32 heavy (non-hydrogen) atoms. The van der Waals surface area contributed by atoms with E-state index in [9.17, 15) is 14.4 Å². The third-order valence-corrected chi connectivity index (χ3v) is 5.40. The number of Topliss-reactive ketones (excluding diaryl/α,β-unsaturated/α-hetero) is 2. The SMILES string of the molecule is CCn1c2ccc(C(=O)C(CC(C)C)=NOC(C)=O)cc2c2cc(C(=O)C(C)C)ccc21. The van der Waals surface area contributed by atoms with Gasteiger partial charge in [0.15, 0.2) is 5.78 Å². The van der Waals surface area contributed by atoms with Crippen LogP contribution in [0.5, 0.6) is 0 Å². The number of hydrogen-bond donors (Lipinski definition) is 0. The summed E-state index contributed by atoms with van der Waals surface area (Å²) in [6.07, 6.45) is 0.397. The summed E-state index contributed by atoms with van der Waals surface area (Å²) >= 11 is 0. The minimum Gasteiger partial charge on any atom is -0.341 e. The number of fused-ring (bicyclic) bond motifs is 3. The van der Waals surface area contributed by atoms with Crippen LogP contribution in [-0.2, 0) is 16.2 Å². The summed E-state index contributed by atoms with van der Waals surface area (Å²) in [5.41, 5.74) is 3.36. The van der Waals surface area contributed by atoms with E-state index in [0.29, 0.717) is 17.5 Å². The molecule has 0 radical (unpaired) electrons. The van der Waals surface area contributed by atoms with E-state index in [2.05, 4.69) is 16.6 Å². The van der Waals surface area contributed by atoms with E-state index in [1.54, 1.807) is 6.07 Å². The lowest BCUT2D eigenvalue weighted by Crippen LogP contribution is -2.18. The lowest BCUT2D eigenvalue weighted by Gasteiger charge is -2.08. The van der Waals surface area contributed by atoms with E-state index in [1.807, 2.05) is 58.0 Å². The Balaban J connectivity index is 2.17. The lowest BCUT2D eigenvalue weighted by molar-refractivity contribution is -0.140. The monoisotopic (exact) mass is 434 g/mol. The van der Waals surface area contributed by atoms with E-state index in [1.165, 1.54) is 6.92 Å². The Labute approximate surface area is 188 Å². The first-order valence-electron chi connectivity index (χ1n) is 11.0.